The Hall–Kier alpha value is -3.41. The molecule has 1 atom stereocenters. The number of amides is 1. The predicted molar refractivity (Wildman–Crippen MR) is 116 cm³/mol. The van der Waals surface area contributed by atoms with Gasteiger partial charge in [0.1, 0.15) is 11.4 Å². The number of Topliss-reactive ketones (excluding diaryl/α,β-unsaturated/α-hetero) is 1. The summed E-state index contributed by atoms with van der Waals surface area (Å²) >= 11 is 0. The third kappa shape index (κ3) is 5.47. The average molecular weight is 496 g/mol. The maximum Gasteiger partial charge on any atom is 0.340 e. The number of halogens is 4. The predicted octanol–water partition coefficient (Wildman–Crippen LogP) is 3.76. The van der Waals surface area contributed by atoms with Gasteiger partial charge in [-0.1, -0.05) is 0 Å². The normalized spacial score (nSPS) is 14.3. The Morgan fingerprint density at radius 3 is 2.69 bits per heavy atom. The molecular weight excluding hydrogens is 472 g/mol. The molecule has 2 aromatic heterocycles. The minimum atomic E-state index is -4.30. The van der Waals surface area contributed by atoms with Gasteiger partial charge in [0, 0.05) is 30.5 Å². The quantitative estimate of drug-likeness (QED) is 0.278. The van der Waals surface area contributed by atoms with E-state index in [0.29, 0.717) is 16.8 Å². The lowest BCUT2D eigenvalue weighted by Gasteiger charge is -2.24. The summed E-state index contributed by atoms with van der Waals surface area (Å²) in [5.41, 5.74) is 1.20. The molecule has 2 N–H and O–H groups in total. The number of hydrogen-bond acceptors (Lipinski definition) is 7. The number of alkyl halides is 4. The Kier molecular flexibility index (Phi) is 7.83. The van der Waals surface area contributed by atoms with Gasteiger partial charge in [0.05, 0.1) is 23.6 Å². The second-order valence-electron chi connectivity index (χ2n) is 8.15. The summed E-state index contributed by atoms with van der Waals surface area (Å²) in [6.07, 6.45) is -1.07. The number of hydrogen-bond donors (Lipinski definition) is 2. The number of aryl methyl sites for hydroxylation is 1. The molecule has 0 saturated heterocycles. The molecule has 3 heterocycles. The zero-order chi connectivity index (χ0) is 25.9. The molecule has 188 valence electrons. The van der Waals surface area contributed by atoms with Gasteiger partial charge >= 0.3 is 12.3 Å². The third-order valence-corrected chi connectivity index (χ3v) is 5.67. The van der Waals surface area contributed by atoms with Crippen LogP contribution in [0.5, 0.6) is 5.75 Å². The highest BCUT2D eigenvalue weighted by Gasteiger charge is 2.42. The first-order valence-corrected chi connectivity index (χ1v) is 10.7. The van der Waals surface area contributed by atoms with Crippen molar-refractivity contribution in [3.05, 3.63) is 52.6 Å². The molecule has 0 saturated carbocycles. The Balaban J connectivity index is 1.78. The minimum absolute atomic E-state index is 0.00124. The molecule has 1 aliphatic heterocycles. The van der Waals surface area contributed by atoms with E-state index in [0.717, 1.165) is 6.20 Å². The van der Waals surface area contributed by atoms with Gasteiger partial charge < -0.3 is 20.2 Å². The molecule has 1 amide bonds. The number of aromatic nitrogens is 2. The number of ketones is 1. The van der Waals surface area contributed by atoms with Crippen molar-refractivity contribution in [3.63, 3.8) is 0 Å². The van der Waals surface area contributed by atoms with Gasteiger partial charge in [-0.25, -0.2) is 8.78 Å². The summed E-state index contributed by atoms with van der Waals surface area (Å²) in [6.45, 7) is 1.60. The van der Waals surface area contributed by atoms with Gasteiger partial charge in [-0.2, -0.15) is 8.78 Å². The molecule has 0 fully saturated rings. The van der Waals surface area contributed by atoms with Crippen LogP contribution >= 0.6 is 0 Å². The van der Waals surface area contributed by atoms with Crippen LogP contribution in [0.1, 0.15) is 63.5 Å². The van der Waals surface area contributed by atoms with Crippen molar-refractivity contribution in [1.29, 1.82) is 5.41 Å². The standard InChI is InChI=1S/C23H24F4N4O4/c1-12-8-17(30-9-18(12)35-11-23(26,27)22(24)25)13(2)31-10-15-14(21(31)34)5-6-29-19(15)20(33)16(28)4-3-7-32/h5-6,8-9,13,22,28,32H,3-4,7,10-11H2,1-2H3. The molecule has 1 aliphatic rings. The number of rotatable bonds is 11. The van der Waals surface area contributed by atoms with Gasteiger partial charge in [0.15, 0.2) is 6.61 Å². The third-order valence-electron chi connectivity index (χ3n) is 5.67. The second-order valence-corrected chi connectivity index (χ2v) is 8.15. The first kappa shape index (κ1) is 26.2. The number of carbonyl (C=O) groups is 2. The zero-order valence-corrected chi connectivity index (χ0v) is 19.0. The molecule has 1 unspecified atom stereocenters. The van der Waals surface area contributed by atoms with E-state index in [9.17, 15) is 27.2 Å². The van der Waals surface area contributed by atoms with Crippen molar-refractivity contribution >= 4 is 17.4 Å². The van der Waals surface area contributed by atoms with Crippen molar-refractivity contribution in [3.8, 4) is 5.75 Å². The smallest absolute Gasteiger partial charge is 0.340 e. The molecule has 0 radical (unpaired) electrons. The highest BCUT2D eigenvalue weighted by Crippen LogP contribution is 2.33. The maximum absolute atomic E-state index is 13.2. The molecule has 12 heteroatoms. The number of nitrogens with one attached hydrogen (secondary N) is 1. The van der Waals surface area contributed by atoms with Crippen molar-refractivity contribution in [1.82, 2.24) is 14.9 Å². The highest BCUT2D eigenvalue weighted by molar-refractivity contribution is 6.44. The summed E-state index contributed by atoms with van der Waals surface area (Å²) in [4.78, 5) is 35.4. The van der Waals surface area contributed by atoms with Gasteiger partial charge in [-0.05, 0) is 44.4 Å². The molecule has 3 rings (SSSR count). The SMILES string of the molecule is Cc1cc(C(C)N2Cc3c(ccnc3C(=O)C(=N)CCCO)C2=O)ncc1OCC(F)(F)C(F)F. The monoisotopic (exact) mass is 496 g/mol. The maximum atomic E-state index is 13.2. The average Bonchev–Trinajstić information content (AvgIpc) is 3.17. The van der Waals surface area contributed by atoms with E-state index in [1.807, 2.05) is 0 Å². The number of nitrogens with zero attached hydrogens (tertiary/aromatic N) is 3. The lowest BCUT2D eigenvalue weighted by molar-refractivity contribution is -0.148. The lowest BCUT2D eigenvalue weighted by Crippen LogP contribution is -2.34. The largest absolute Gasteiger partial charge is 0.485 e. The van der Waals surface area contributed by atoms with Crippen LogP contribution in [0.15, 0.2) is 24.5 Å². The highest BCUT2D eigenvalue weighted by atomic mass is 19.3. The van der Waals surface area contributed by atoms with Crippen molar-refractivity contribution in [2.24, 2.45) is 0 Å². The molecule has 0 bridgehead atoms. The van der Waals surface area contributed by atoms with E-state index < -0.39 is 30.8 Å². The van der Waals surface area contributed by atoms with Crippen LogP contribution in [0, 0.1) is 12.3 Å². The Labute approximate surface area is 198 Å². The number of ether oxygens (including phenoxy) is 1. The molecule has 35 heavy (non-hydrogen) atoms. The Morgan fingerprint density at radius 1 is 1.34 bits per heavy atom. The van der Waals surface area contributed by atoms with Crippen molar-refractivity contribution in [2.75, 3.05) is 13.2 Å². The Bertz CT molecular complexity index is 1140. The van der Waals surface area contributed by atoms with E-state index >= 15 is 0 Å². The van der Waals surface area contributed by atoms with Crippen LogP contribution in [0.3, 0.4) is 0 Å². The van der Waals surface area contributed by atoms with Crippen molar-refractivity contribution < 1.29 is 37.0 Å². The van der Waals surface area contributed by atoms with E-state index in [1.54, 1.807) is 6.92 Å². The minimum Gasteiger partial charge on any atom is -0.485 e. The first-order valence-electron chi connectivity index (χ1n) is 10.7. The molecule has 2 aromatic rings. The first-order chi connectivity index (χ1) is 16.5. The summed E-state index contributed by atoms with van der Waals surface area (Å²) in [5.74, 6) is -5.38. The zero-order valence-electron chi connectivity index (χ0n) is 19.0. The van der Waals surface area contributed by atoms with E-state index in [2.05, 4.69) is 9.97 Å². The van der Waals surface area contributed by atoms with Crippen LogP contribution in [-0.2, 0) is 6.54 Å². The van der Waals surface area contributed by atoms with Crippen molar-refractivity contribution in [2.45, 2.75) is 51.6 Å². The van der Waals surface area contributed by atoms with Gasteiger partial charge in [-0.15, -0.1) is 0 Å². The topological polar surface area (TPSA) is 116 Å². The number of fused-ring (bicyclic) bond motifs is 1. The number of aliphatic hydroxyl groups is 1. The Morgan fingerprint density at radius 2 is 2.06 bits per heavy atom. The van der Waals surface area contributed by atoms with E-state index in [1.165, 1.54) is 30.2 Å². The summed E-state index contributed by atoms with van der Waals surface area (Å²) in [5, 5.41) is 16.9. The van der Waals surface area contributed by atoms with Crippen LogP contribution in [0.4, 0.5) is 17.6 Å². The van der Waals surface area contributed by atoms with Crippen LogP contribution in [-0.4, -0.2) is 62.9 Å². The van der Waals surface area contributed by atoms with Gasteiger partial charge in [-0.3, -0.25) is 19.6 Å². The van der Waals surface area contributed by atoms with Crippen LogP contribution in [0.2, 0.25) is 0 Å². The van der Waals surface area contributed by atoms with Gasteiger partial charge in [0.25, 0.3) is 5.91 Å². The molecule has 0 spiro atoms. The fraction of sp³-hybridized carbons (Fsp3) is 0.435. The second kappa shape index (κ2) is 10.5. The summed E-state index contributed by atoms with van der Waals surface area (Å²) in [6, 6.07) is 2.39. The lowest BCUT2D eigenvalue weighted by atomic mass is 10.0. The van der Waals surface area contributed by atoms with Gasteiger partial charge in [0.2, 0.25) is 5.78 Å². The summed E-state index contributed by atoms with van der Waals surface area (Å²) < 4.78 is 55.9. The van der Waals surface area contributed by atoms with E-state index in [4.69, 9.17) is 15.3 Å². The number of carbonyl (C=O) groups excluding carboxylic acids is 2. The molecule has 0 aromatic carbocycles. The fourth-order valence-corrected chi connectivity index (χ4v) is 3.61. The number of pyridine rings is 2. The molecular formula is C23H24F4N4O4. The van der Waals surface area contributed by atoms with Crippen LogP contribution < -0.4 is 4.74 Å². The fourth-order valence-electron chi connectivity index (χ4n) is 3.61. The van der Waals surface area contributed by atoms with Crippen LogP contribution in [0.25, 0.3) is 0 Å². The summed E-state index contributed by atoms with van der Waals surface area (Å²) in [7, 11) is 0. The van der Waals surface area contributed by atoms with E-state index in [-0.39, 0.29) is 54.6 Å². The molecule has 0 aliphatic carbocycles. The number of aliphatic hydroxyl groups excluding tert-OH is 1. The molecule has 8 nitrogen and oxygen atoms in total.